The number of carbonyl (C=O) groups excluding carboxylic acids is 2. The zero-order valence-electron chi connectivity index (χ0n) is 16.7. The standard InChI is InChI=1S/C25H18ClN3O2/c1-28(16-18-5-3-2-4-6-18)23-22(19-9-11-20(26)12-10-19)24(30)29(25(23)31)21-13-7-17(15-27)8-14-21/h2-14H,16H2,1H3. The third-order valence-electron chi connectivity index (χ3n) is 5.09. The molecule has 0 unspecified atom stereocenters. The Hall–Kier alpha value is -3.88. The Balaban J connectivity index is 1.78. The minimum atomic E-state index is -0.410. The second-order valence-corrected chi connectivity index (χ2v) is 7.61. The van der Waals surface area contributed by atoms with Crippen molar-refractivity contribution in [3.8, 4) is 6.07 Å². The molecule has 6 heteroatoms. The van der Waals surface area contributed by atoms with Crippen molar-refractivity contribution < 1.29 is 9.59 Å². The van der Waals surface area contributed by atoms with Crippen LogP contribution in [0.5, 0.6) is 0 Å². The molecule has 0 radical (unpaired) electrons. The second kappa shape index (κ2) is 8.47. The highest BCUT2D eigenvalue weighted by Crippen LogP contribution is 2.35. The summed E-state index contributed by atoms with van der Waals surface area (Å²) in [6.45, 7) is 0.466. The summed E-state index contributed by atoms with van der Waals surface area (Å²) in [5.41, 5.74) is 3.16. The van der Waals surface area contributed by atoms with Crippen LogP contribution in [0.2, 0.25) is 5.02 Å². The molecule has 31 heavy (non-hydrogen) atoms. The molecule has 0 saturated carbocycles. The van der Waals surface area contributed by atoms with Crippen LogP contribution < -0.4 is 4.90 Å². The van der Waals surface area contributed by atoms with E-state index in [2.05, 4.69) is 0 Å². The number of anilines is 1. The van der Waals surface area contributed by atoms with Crippen LogP contribution in [0.1, 0.15) is 16.7 Å². The van der Waals surface area contributed by atoms with Crippen molar-refractivity contribution in [1.29, 1.82) is 5.26 Å². The van der Waals surface area contributed by atoms with E-state index in [0.29, 0.717) is 39.7 Å². The van der Waals surface area contributed by atoms with Crippen molar-refractivity contribution in [2.24, 2.45) is 0 Å². The molecule has 152 valence electrons. The van der Waals surface area contributed by atoms with Crippen LogP contribution in [0.25, 0.3) is 5.57 Å². The van der Waals surface area contributed by atoms with Crippen molar-refractivity contribution >= 4 is 34.7 Å². The van der Waals surface area contributed by atoms with E-state index in [1.54, 1.807) is 60.5 Å². The highest BCUT2D eigenvalue weighted by atomic mass is 35.5. The molecule has 1 heterocycles. The Kier molecular flexibility index (Phi) is 5.57. The maximum absolute atomic E-state index is 13.5. The summed E-state index contributed by atoms with van der Waals surface area (Å²) in [6.07, 6.45) is 0. The molecule has 0 bridgehead atoms. The quantitative estimate of drug-likeness (QED) is 0.557. The monoisotopic (exact) mass is 427 g/mol. The number of hydrogen-bond donors (Lipinski definition) is 0. The Bertz CT molecular complexity index is 1210. The highest BCUT2D eigenvalue weighted by molar-refractivity contribution is 6.45. The molecule has 0 fully saturated rings. The zero-order valence-corrected chi connectivity index (χ0v) is 17.5. The molecule has 0 atom stereocenters. The van der Waals surface area contributed by atoms with Crippen LogP contribution in [0.4, 0.5) is 5.69 Å². The van der Waals surface area contributed by atoms with E-state index in [1.807, 2.05) is 36.4 Å². The number of carbonyl (C=O) groups is 2. The van der Waals surface area contributed by atoms with Crippen LogP contribution in [0, 0.1) is 11.3 Å². The SMILES string of the molecule is CN(Cc1ccccc1)C1=C(c2ccc(Cl)cc2)C(=O)N(c2ccc(C#N)cc2)C1=O. The van der Waals surface area contributed by atoms with E-state index in [-0.39, 0.29) is 0 Å². The lowest BCUT2D eigenvalue weighted by Crippen LogP contribution is -2.34. The van der Waals surface area contributed by atoms with Gasteiger partial charge < -0.3 is 4.90 Å². The van der Waals surface area contributed by atoms with Crippen LogP contribution in [-0.4, -0.2) is 23.8 Å². The molecule has 1 aliphatic heterocycles. The van der Waals surface area contributed by atoms with Crippen LogP contribution in [0.15, 0.2) is 84.6 Å². The fraction of sp³-hybridized carbons (Fsp3) is 0.0800. The molecule has 3 aromatic carbocycles. The van der Waals surface area contributed by atoms with Gasteiger partial charge in [0.25, 0.3) is 11.8 Å². The number of imide groups is 1. The number of amides is 2. The van der Waals surface area contributed by atoms with Gasteiger partial charge in [0.1, 0.15) is 5.70 Å². The molecular weight excluding hydrogens is 410 g/mol. The first-order chi connectivity index (χ1) is 15.0. The van der Waals surface area contributed by atoms with E-state index in [0.717, 1.165) is 10.5 Å². The lowest BCUT2D eigenvalue weighted by molar-refractivity contribution is -0.120. The van der Waals surface area contributed by atoms with Gasteiger partial charge in [0.2, 0.25) is 0 Å². The lowest BCUT2D eigenvalue weighted by atomic mass is 10.0. The molecular formula is C25H18ClN3O2. The van der Waals surface area contributed by atoms with Crippen molar-refractivity contribution in [2.75, 3.05) is 11.9 Å². The van der Waals surface area contributed by atoms with E-state index >= 15 is 0 Å². The lowest BCUT2D eigenvalue weighted by Gasteiger charge is -2.21. The summed E-state index contributed by atoms with van der Waals surface area (Å²) in [5, 5.41) is 9.59. The molecule has 0 aromatic heterocycles. The molecule has 0 saturated heterocycles. The van der Waals surface area contributed by atoms with Crippen LogP contribution >= 0.6 is 11.6 Å². The van der Waals surface area contributed by atoms with Gasteiger partial charge in [-0.1, -0.05) is 54.1 Å². The summed E-state index contributed by atoms with van der Waals surface area (Å²) < 4.78 is 0. The van der Waals surface area contributed by atoms with Crippen molar-refractivity contribution in [2.45, 2.75) is 6.54 Å². The number of rotatable bonds is 5. The molecule has 2 amide bonds. The minimum absolute atomic E-state index is 0.320. The molecule has 3 aromatic rings. The normalized spacial score (nSPS) is 13.5. The highest BCUT2D eigenvalue weighted by Gasteiger charge is 2.41. The zero-order chi connectivity index (χ0) is 22.0. The summed E-state index contributed by atoms with van der Waals surface area (Å²) in [6, 6.07) is 25.0. The van der Waals surface area contributed by atoms with Crippen molar-refractivity contribution in [3.05, 3.63) is 106 Å². The summed E-state index contributed by atoms with van der Waals surface area (Å²) in [5.74, 6) is -0.815. The predicted octanol–water partition coefficient (Wildman–Crippen LogP) is 4.63. The summed E-state index contributed by atoms with van der Waals surface area (Å²) >= 11 is 6.03. The summed E-state index contributed by atoms with van der Waals surface area (Å²) in [4.78, 5) is 29.9. The first-order valence-electron chi connectivity index (χ1n) is 9.64. The molecule has 0 N–H and O–H groups in total. The van der Waals surface area contributed by atoms with Gasteiger partial charge >= 0.3 is 0 Å². The predicted molar refractivity (Wildman–Crippen MR) is 120 cm³/mol. The molecule has 4 rings (SSSR count). The smallest absolute Gasteiger partial charge is 0.282 e. The van der Waals surface area contributed by atoms with Crippen molar-refractivity contribution in [3.63, 3.8) is 0 Å². The third kappa shape index (κ3) is 3.94. The van der Waals surface area contributed by atoms with Gasteiger partial charge in [-0.25, -0.2) is 4.90 Å². The minimum Gasteiger partial charge on any atom is -0.365 e. The first kappa shape index (κ1) is 20.4. The summed E-state index contributed by atoms with van der Waals surface area (Å²) in [7, 11) is 1.80. The molecule has 5 nitrogen and oxygen atoms in total. The Morgan fingerprint density at radius 1 is 0.903 bits per heavy atom. The van der Waals surface area contributed by atoms with Gasteiger partial charge in [-0.15, -0.1) is 0 Å². The molecule has 1 aliphatic rings. The maximum atomic E-state index is 13.5. The fourth-order valence-electron chi connectivity index (χ4n) is 3.60. The maximum Gasteiger partial charge on any atom is 0.282 e. The average Bonchev–Trinajstić information content (AvgIpc) is 3.05. The van der Waals surface area contributed by atoms with E-state index in [1.165, 1.54) is 0 Å². The first-order valence-corrected chi connectivity index (χ1v) is 10.0. The van der Waals surface area contributed by atoms with Gasteiger partial charge in [0.05, 0.1) is 22.9 Å². The van der Waals surface area contributed by atoms with Gasteiger partial charge in [-0.05, 0) is 47.5 Å². The van der Waals surface area contributed by atoms with Crippen molar-refractivity contribution in [1.82, 2.24) is 4.90 Å². The fourth-order valence-corrected chi connectivity index (χ4v) is 3.73. The Morgan fingerprint density at radius 3 is 2.16 bits per heavy atom. The van der Waals surface area contributed by atoms with E-state index < -0.39 is 11.8 Å². The van der Waals surface area contributed by atoms with Gasteiger partial charge in [0.15, 0.2) is 0 Å². The van der Waals surface area contributed by atoms with Gasteiger partial charge in [-0.2, -0.15) is 5.26 Å². The number of likely N-dealkylation sites (N-methyl/N-ethyl adjacent to an activating group) is 1. The topological polar surface area (TPSA) is 64.4 Å². The average molecular weight is 428 g/mol. The second-order valence-electron chi connectivity index (χ2n) is 7.18. The molecule has 0 spiro atoms. The number of hydrogen-bond acceptors (Lipinski definition) is 4. The van der Waals surface area contributed by atoms with Crippen LogP contribution in [-0.2, 0) is 16.1 Å². The largest absolute Gasteiger partial charge is 0.365 e. The molecule has 0 aliphatic carbocycles. The Labute approximate surface area is 185 Å². The number of benzene rings is 3. The number of halogens is 1. The van der Waals surface area contributed by atoms with E-state index in [9.17, 15) is 9.59 Å². The van der Waals surface area contributed by atoms with Crippen LogP contribution in [0.3, 0.4) is 0 Å². The van der Waals surface area contributed by atoms with Gasteiger partial charge in [-0.3, -0.25) is 9.59 Å². The third-order valence-corrected chi connectivity index (χ3v) is 5.34. The Morgan fingerprint density at radius 2 is 1.55 bits per heavy atom. The van der Waals surface area contributed by atoms with Gasteiger partial charge in [0, 0.05) is 18.6 Å². The number of nitrogens with zero attached hydrogens (tertiary/aromatic N) is 3. The number of nitriles is 1. The van der Waals surface area contributed by atoms with E-state index in [4.69, 9.17) is 16.9 Å².